The molecule has 0 aliphatic carbocycles. The summed E-state index contributed by atoms with van der Waals surface area (Å²) in [5, 5.41) is 9.24. The van der Waals surface area contributed by atoms with Gasteiger partial charge in [-0.2, -0.15) is 8.42 Å². The van der Waals surface area contributed by atoms with E-state index >= 15 is 0 Å². The second-order valence-electron chi connectivity index (χ2n) is 1.95. The van der Waals surface area contributed by atoms with Gasteiger partial charge in [-0.25, -0.2) is 0 Å². The third kappa shape index (κ3) is 5.56. The molecule has 3 N–H and O–H groups in total. The van der Waals surface area contributed by atoms with Crippen LogP contribution in [0.5, 0.6) is 0 Å². The largest absolute Gasteiger partial charge is 0.480 e. The number of carboxylic acid groups (broad SMARTS) is 1. The molecule has 0 amide bonds. The van der Waals surface area contributed by atoms with E-state index in [1.54, 1.807) is 0 Å². The summed E-state index contributed by atoms with van der Waals surface area (Å²) in [5.74, 6) is -1.12. The lowest BCUT2D eigenvalue weighted by atomic mass is 10.2. The van der Waals surface area contributed by atoms with Gasteiger partial charge in [0.15, 0.2) is 0 Å². The van der Waals surface area contributed by atoms with Crippen molar-refractivity contribution in [3.63, 3.8) is 0 Å². The molecule has 0 bridgehead atoms. The molecule has 0 aliphatic rings. The SMILES string of the molecule is N[C@@H](CCC=S(=O)=O)C(=O)O. The van der Waals surface area contributed by atoms with Crippen LogP contribution in [0.4, 0.5) is 0 Å². The highest BCUT2D eigenvalue weighted by atomic mass is 32.2. The van der Waals surface area contributed by atoms with E-state index in [0.29, 0.717) is 0 Å². The summed E-state index contributed by atoms with van der Waals surface area (Å²) >= 11 is 0. The summed E-state index contributed by atoms with van der Waals surface area (Å²) in [7, 11) is -2.22. The molecule has 0 saturated carbocycles. The fourth-order valence-electron chi connectivity index (χ4n) is 0.467. The third-order valence-corrected chi connectivity index (χ3v) is 1.56. The standard InChI is InChI=1S/C5H9NO4S/c6-4(5(7)8)2-1-3-11(9)10/h3-4H,1-2,6H2,(H,7,8)/t4-/m0/s1. The van der Waals surface area contributed by atoms with Crippen molar-refractivity contribution in [1.82, 2.24) is 0 Å². The molecule has 11 heavy (non-hydrogen) atoms. The molecule has 0 aromatic rings. The smallest absolute Gasteiger partial charge is 0.320 e. The van der Waals surface area contributed by atoms with Gasteiger partial charge in [0.05, 0.1) is 0 Å². The van der Waals surface area contributed by atoms with Gasteiger partial charge in [0.2, 0.25) is 10.3 Å². The quantitative estimate of drug-likeness (QED) is 0.531. The molecule has 5 nitrogen and oxygen atoms in total. The Morgan fingerprint density at radius 2 is 2.18 bits per heavy atom. The van der Waals surface area contributed by atoms with Gasteiger partial charge in [-0.1, -0.05) is 0 Å². The highest BCUT2D eigenvalue weighted by molar-refractivity contribution is 7.71. The minimum Gasteiger partial charge on any atom is -0.480 e. The Morgan fingerprint density at radius 1 is 1.64 bits per heavy atom. The van der Waals surface area contributed by atoms with Gasteiger partial charge in [0.1, 0.15) is 6.04 Å². The first kappa shape index (κ1) is 10.1. The Morgan fingerprint density at radius 3 is 2.55 bits per heavy atom. The van der Waals surface area contributed by atoms with Crippen molar-refractivity contribution >= 4 is 21.6 Å². The maximum Gasteiger partial charge on any atom is 0.320 e. The fourth-order valence-corrected chi connectivity index (χ4v) is 0.796. The molecule has 0 aliphatic heterocycles. The van der Waals surface area contributed by atoms with Crippen LogP contribution in [-0.4, -0.2) is 30.9 Å². The molecule has 0 saturated heterocycles. The van der Waals surface area contributed by atoms with Crippen LogP contribution >= 0.6 is 0 Å². The normalized spacial score (nSPS) is 12.1. The van der Waals surface area contributed by atoms with Crippen molar-refractivity contribution in [2.45, 2.75) is 18.9 Å². The van der Waals surface area contributed by atoms with Crippen molar-refractivity contribution in [2.24, 2.45) is 5.73 Å². The highest BCUT2D eigenvalue weighted by Crippen LogP contribution is 1.90. The van der Waals surface area contributed by atoms with Crippen LogP contribution in [0.15, 0.2) is 0 Å². The summed E-state index contributed by atoms with van der Waals surface area (Å²) in [6, 6.07) is -0.977. The van der Waals surface area contributed by atoms with E-state index in [4.69, 9.17) is 10.8 Å². The molecular weight excluding hydrogens is 170 g/mol. The summed E-state index contributed by atoms with van der Waals surface area (Å²) in [4.78, 5) is 10.1. The van der Waals surface area contributed by atoms with E-state index in [1.165, 1.54) is 0 Å². The molecule has 6 heteroatoms. The number of rotatable bonds is 4. The molecule has 0 aromatic heterocycles. The van der Waals surface area contributed by atoms with Crippen molar-refractivity contribution in [3.05, 3.63) is 0 Å². The number of nitrogens with two attached hydrogens (primary N) is 1. The van der Waals surface area contributed by atoms with Crippen LogP contribution in [0.3, 0.4) is 0 Å². The summed E-state index contributed by atoms with van der Waals surface area (Å²) in [6.45, 7) is 0. The molecule has 64 valence electrons. The number of aliphatic carboxylic acids is 1. The van der Waals surface area contributed by atoms with Crippen LogP contribution in [0.2, 0.25) is 0 Å². The maximum atomic E-state index is 10.1. The maximum absolute atomic E-state index is 10.1. The van der Waals surface area contributed by atoms with E-state index in [-0.39, 0.29) is 12.8 Å². The summed E-state index contributed by atoms with van der Waals surface area (Å²) in [6.07, 6.45) is 0.312. The minimum absolute atomic E-state index is 0.142. The van der Waals surface area contributed by atoms with Crippen molar-refractivity contribution < 1.29 is 18.3 Å². The molecule has 0 heterocycles. The Bertz CT molecular complexity index is 248. The molecular formula is C5H9NO4S. The lowest BCUT2D eigenvalue weighted by molar-refractivity contribution is -0.138. The van der Waals surface area contributed by atoms with E-state index in [2.05, 4.69) is 0 Å². The number of carbonyl (C=O) groups is 1. The first-order valence-corrected chi connectivity index (χ1v) is 4.07. The average Bonchev–Trinajstić information content (AvgIpc) is 1.86. The molecule has 0 spiro atoms. The molecule has 0 aromatic carbocycles. The topological polar surface area (TPSA) is 97.5 Å². The third-order valence-electron chi connectivity index (χ3n) is 1.05. The molecule has 0 fully saturated rings. The Kier molecular flexibility index (Phi) is 4.47. The lowest BCUT2D eigenvalue weighted by Crippen LogP contribution is -2.29. The first-order chi connectivity index (χ1) is 5.04. The van der Waals surface area contributed by atoms with E-state index in [9.17, 15) is 13.2 Å². The van der Waals surface area contributed by atoms with E-state index < -0.39 is 22.3 Å². The summed E-state index contributed by atoms with van der Waals surface area (Å²) < 4.78 is 19.8. The van der Waals surface area contributed by atoms with E-state index in [1.807, 2.05) is 0 Å². The van der Waals surface area contributed by atoms with Gasteiger partial charge >= 0.3 is 5.97 Å². The van der Waals surface area contributed by atoms with Gasteiger partial charge in [-0.15, -0.1) is 0 Å². The highest BCUT2D eigenvalue weighted by Gasteiger charge is 2.08. The zero-order valence-electron chi connectivity index (χ0n) is 5.73. The Balaban J connectivity index is 3.72. The van der Waals surface area contributed by atoms with Crippen LogP contribution in [0.25, 0.3) is 0 Å². The number of hydrogen-bond acceptors (Lipinski definition) is 4. The number of carboxylic acids is 1. The van der Waals surface area contributed by atoms with Crippen LogP contribution in [0, 0.1) is 0 Å². The second-order valence-corrected chi connectivity index (χ2v) is 2.80. The predicted octanol–water partition coefficient (Wildman–Crippen LogP) is -1.14. The summed E-state index contributed by atoms with van der Waals surface area (Å²) in [5.41, 5.74) is 5.08. The molecule has 0 rings (SSSR count). The van der Waals surface area contributed by atoms with Crippen LogP contribution in [0.1, 0.15) is 12.8 Å². The number of hydrogen-bond donors (Lipinski definition) is 2. The van der Waals surface area contributed by atoms with Gasteiger partial charge in [0, 0.05) is 5.37 Å². The van der Waals surface area contributed by atoms with Crippen molar-refractivity contribution in [2.75, 3.05) is 0 Å². The second kappa shape index (κ2) is 4.86. The average molecular weight is 179 g/mol. The van der Waals surface area contributed by atoms with Crippen LogP contribution in [-0.2, 0) is 15.1 Å². The Labute approximate surface area is 65.4 Å². The zero-order chi connectivity index (χ0) is 8.85. The van der Waals surface area contributed by atoms with Crippen molar-refractivity contribution in [3.8, 4) is 0 Å². The zero-order valence-corrected chi connectivity index (χ0v) is 6.54. The van der Waals surface area contributed by atoms with Gasteiger partial charge in [-0.05, 0) is 12.8 Å². The lowest BCUT2D eigenvalue weighted by Gasteiger charge is -2.00. The van der Waals surface area contributed by atoms with Gasteiger partial charge in [0.25, 0.3) is 0 Å². The minimum atomic E-state index is -2.22. The monoisotopic (exact) mass is 179 g/mol. The molecule has 1 atom stereocenters. The first-order valence-electron chi connectivity index (χ1n) is 2.94. The predicted molar refractivity (Wildman–Crippen MR) is 39.8 cm³/mol. The fraction of sp³-hybridized carbons (Fsp3) is 0.600. The van der Waals surface area contributed by atoms with Crippen molar-refractivity contribution in [1.29, 1.82) is 0 Å². The van der Waals surface area contributed by atoms with Crippen LogP contribution < -0.4 is 5.73 Å². The van der Waals surface area contributed by atoms with E-state index in [0.717, 1.165) is 5.37 Å². The molecule has 0 unspecified atom stereocenters. The van der Waals surface area contributed by atoms with Gasteiger partial charge in [-0.3, -0.25) is 4.79 Å². The molecule has 0 radical (unpaired) electrons. The van der Waals surface area contributed by atoms with Gasteiger partial charge < -0.3 is 10.8 Å². The Hall–Kier alpha value is -0.880.